The van der Waals surface area contributed by atoms with Gasteiger partial charge in [-0.25, -0.2) is 0 Å². The fraction of sp³-hybridized carbons (Fsp3) is 0.500. The summed E-state index contributed by atoms with van der Waals surface area (Å²) in [6.45, 7) is 9.63. The Balaban J connectivity index is 2.19. The normalized spacial score (nSPS) is 11.6. The van der Waals surface area contributed by atoms with Crippen LogP contribution in [-0.2, 0) is 6.42 Å². The van der Waals surface area contributed by atoms with E-state index in [1.807, 2.05) is 25.3 Å². The number of fused-ring (bicyclic) bond motifs is 1. The van der Waals surface area contributed by atoms with Crippen LogP contribution in [0.1, 0.15) is 31.4 Å². The molecule has 0 amide bonds. The lowest BCUT2D eigenvalue weighted by Crippen LogP contribution is -2.26. The summed E-state index contributed by atoms with van der Waals surface area (Å²) in [5, 5.41) is 11.2. The molecule has 0 aliphatic rings. The smallest absolute Gasteiger partial charge is 0.128 e. The Kier molecular flexibility index (Phi) is 4.48. The van der Waals surface area contributed by atoms with Gasteiger partial charge in [0.15, 0.2) is 0 Å². The lowest BCUT2D eigenvalue weighted by atomic mass is 10.1. The van der Waals surface area contributed by atoms with Crippen molar-refractivity contribution in [1.29, 1.82) is 0 Å². The highest BCUT2D eigenvalue weighted by molar-refractivity contribution is 5.90. The van der Waals surface area contributed by atoms with Gasteiger partial charge < -0.3 is 15.0 Å². The number of aryl methyl sites for hydroxylation is 1. The van der Waals surface area contributed by atoms with Crippen LogP contribution in [0.5, 0.6) is 5.75 Å². The number of hydrogen-bond donors (Lipinski definition) is 2. The van der Waals surface area contributed by atoms with Crippen molar-refractivity contribution in [2.75, 3.05) is 19.6 Å². The molecule has 0 fully saturated rings. The Labute approximate surface area is 115 Å². The second kappa shape index (κ2) is 6.11. The Bertz CT molecular complexity index is 545. The molecule has 0 atom stereocenters. The molecule has 2 rings (SSSR count). The number of H-pyrrole nitrogens is 1. The lowest BCUT2D eigenvalue weighted by Gasteiger charge is -2.19. The summed E-state index contributed by atoms with van der Waals surface area (Å²) in [4.78, 5) is 5.70. The number of rotatable bonds is 6. The number of benzene rings is 1. The van der Waals surface area contributed by atoms with Crippen LogP contribution in [0.15, 0.2) is 18.3 Å². The van der Waals surface area contributed by atoms with E-state index in [2.05, 4.69) is 23.7 Å². The van der Waals surface area contributed by atoms with E-state index < -0.39 is 0 Å². The highest BCUT2D eigenvalue weighted by Gasteiger charge is 2.11. The summed E-state index contributed by atoms with van der Waals surface area (Å²) in [5.41, 5.74) is 3.18. The maximum atomic E-state index is 10.2. The van der Waals surface area contributed by atoms with Crippen molar-refractivity contribution in [1.82, 2.24) is 9.88 Å². The van der Waals surface area contributed by atoms with Gasteiger partial charge in [-0.3, -0.25) is 0 Å². The third-order valence-corrected chi connectivity index (χ3v) is 3.79. The van der Waals surface area contributed by atoms with Crippen molar-refractivity contribution in [3.8, 4) is 5.75 Å². The summed E-state index contributed by atoms with van der Waals surface area (Å²) in [7, 11) is 0. The first-order valence-electron chi connectivity index (χ1n) is 7.18. The van der Waals surface area contributed by atoms with E-state index in [1.54, 1.807) is 0 Å². The molecule has 0 saturated carbocycles. The second-order valence-corrected chi connectivity index (χ2v) is 5.15. The standard InChI is InChI=1S/C16H24N2O/c1-4-9-18(5-2)10-8-13-11-17-14-7-6-12(3)16(19)15(13)14/h6-7,11,17,19H,4-5,8-10H2,1-3H3. The number of aromatic hydroxyl groups is 1. The topological polar surface area (TPSA) is 39.3 Å². The molecule has 0 radical (unpaired) electrons. The minimum absolute atomic E-state index is 0.423. The van der Waals surface area contributed by atoms with Gasteiger partial charge in [-0.2, -0.15) is 0 Å². The zero-order valence-electron chi connectivity index (χ0n) is 12.2. The van der Waals surface area contributed by atoms with Crippen LogP contribution in [0.25, 0.3) is 10.9 Å². The van der Waals surface area contributed by atoms with Crippen LogP contribution < -0.4 is 0 Å². The minimum atomic E-state index is 0.423. The maximum Gasteiger partial charge on any atom is 0.128 e. The molecule has 2 N–H and O–H groups in total. The van der Waals surface area contributed by atoms with Gasteiger partial charge >= 0.3 is 0 Å². The Morgan fingerprint density at radius 1 is 1.21 bits per heavy atom. The largest absolute Gasteiger partial charge is 0.507 e. The number of nitrogens with zero attached hydrogens (tertiary/aromatic N) is 1. The van der Waals surface area contributed by atoms with Crippen molar-refractivity contribution >= 4 is 10.9 Å². The van der Waals surface area contributed by atoms with Gasteiger partial charge in [-0.05, 0) is 50.0 Å². The molecule has 0 unspecified atom stereocenters. The molecule has 0 bridgehead atoms. The van der Waals surface area contributed by atoms with Crippen molar-refractivity contribution in [2.45, 2.75) is 33.6 Å². The predicted octanol–water partition coefficient (Wildman–Crippen LogP) is 3.46. The maximum absolute atomic E-state index is 10.2. The molecule has 3 nitrogen and oxygen atoms in total. The third kappa shape index (κ3) is 2.92. The van der Waals surface area contributed by atoms with Crippen LogP contribution in [0, 0.1) is 6.92 Å². The van der Waals surface area contributed by atoms with Crippen LogP contribution in [-0.4, -0.2) is 34.6 Å². The summed E-state index contributed by atoms with van der Waals surface area (Å²) in [6, 6.07) is 3.99. The molecular formula is C16H24N2O. The van der Waals surface area contributed by atoms with E-state index >= 15 is 0 Å². The first kappa shape index (κ1) is 13.9. The van der Waals surface area contributed by atoms with Gasteiger partial charge in [0.1, 0.15) is 5.75 Å². The summed E-state index contributed by atoms with van der Waals surface area (Å²) >= 11 is 0. The van der Waals surface area contributed by atoms with Crippen molar-refractivity contribution < 1.29 is 5.11 Å². The predicted molar refractivity (Wildman–Crippen MR) is 80.8 cm³/mol. The number of aromatic amines is 1. The van der Waals surface area contributed by atoms with E-state index in [9.17, 15) is 5.11 Å². The average Bonchev–Trinajstić information content (AvgIpc) is 2.82. The highest BCUT2D eigenvalue weighted by atomic mass is 16.3. The van der Waals surface area contributed by atoms with Crippen LogP contribution in [0.3, 0.4) is 0 Å². The van der Waals surface area contributed by atoms with E-state index in [0.717, 1.165) is 42.5 Å². The quantitative estimate of drug-likeness (QED) is 0.835. The van der Waals surface area contributed by atoms with Crippen molar-refractivity contribution in [3.63, 3.8) is 0 Å². The van der Waals surface area contributed by atoms with Gasteiger partial charge in [0, 0.05) is 23.6 Å². The molecule has 0 aliphatic carbocycles. The van der Waals surface area contributed by atoms with E-state index in [4.69, 9.17) is 0 Å². The molecule has 3 heteroatoms. The summed E-state index contributed by atoms with van der Waals surface area (Å²) in [5.74, 6) is 0.423. The lowest BCUT2D eigenvalue weighted by molar-refractivity contribution is 0.292. The van der Waals surface area contributed by atoms with Gasteiger partial charge in [0.2, 0.25) is 0 Å². The summed E-state index contributed by atoms with van der Waals surface area (Å²) in [6.07, 6.45) is 4.19. The molecule has 1 aromatic carbocycles. The number of nitrogens with one attached hydrogen (secondary N) is 1. The van der Waals surface area contributed by atoms with Gasteiger partial charge in [0.25, 0.3) is 0 Å². The van der Waals surface area contributed by atoms with Gasteiger partial charge in [-0.1, -0.05) is 19.9 Å². The number of phenols is 1. The first-order chi connectivity index (χ1) is 9.17. The zero-order valence-corrected chi connectivity index (χ0v) is 12.2. The average molecular weight is 260 g/mol. The number of hydrogen-bond acceptors (Lipinski definition) is 2. The molecule has 2 aromatic rings. The number of likely N-dealkylation sites (N-methyl/N-ethyl adjacent to an activating group) is 1. The minimum Gasteiger partial charge on any atom is -0.507 e. The van der Waals surface area contributed by atoms with E-state index in [0.29, 0.717) is 5.75 Å². The molecule has 1 aromatic heterocycles. The summed E-state index contributed by atoms with van der Waals surface area (Å²) < 4.78 is 0. The Hall–Kier alpha value is -1.48. The van der Waals surface area contributed by atoms with Crippen LogP contribution in [0.4, 0.5) is 0 Å². The van der Waals surface area contributed by atoms with E-state index in [1.165, 1.54) is 12.0 Å². The molecular weight excluding hydrogens is 236 g/mol. The van der Waals surface area contributed by atoms with Gasteiger partial charge in [-0.15, -0.1) is 0 Å². The molecule has 1 heterocycles. The molecule has 104 valence electrons. The molecule has 0 saturated heterocycles. The fourth-order valence-electron chi connectivity index (χ4n) is 2.60. The van der Waals surface area contributed by atoms with E-state index in [-0.39, 0.29) is 0 Å². The monoisotopic (exact) mass is 260 g/mol. The molecule has 0 aliphatic heterocycles. The Morgan fingerprint density at radius 3 is 2.68 bits per heavy atom. The van der Waals surface area contributed by atoms with Crippen LogP contribution >= 0.6 is 0 Å². The highest BCUT2D eigenvalue weighted by Crippen LogP contribution is 2.31. The first-order valence-corrected chi connectivity index (χ1v) is 7.18. The SMILES string of the molecule is CCCN(CC)CCc1c[nH]c2ccc(C)c(O)c12. The van der Waals surface area contributed by atoms with Crippen molar-refractivity contribution in [3.05, 3.63) is 29.5 Å². The number of aromatic nitrogens is 1. The van der Waals surface area contributed by atoms with Gasteiger partial charge in [0.05, 0.1) is 0 Å². The second-order valence-electron chi connectivity index (χ2n) is 5.15. The number of phenolic OH excluding ortho intramolecular Hbond substituents is 1. The zero-order chi connectivity index (χ0) is 13.8. The Morgan fingerprint density at radius 2 is 2.00 bits per heavy atom. The van der Waals surface area contributed by atoms with Crippen LogP contribution in [0.2, 0.25) is 0 Å². The molecule has 19 heavy (non-hydrogen) atoms. The fourth-order valence-corrected chi connectivity index (χ4v) is 2.60. The van der Waals surface area contributed by atoms with Crippen molar-refractivity contribution in [2.24, 2.45) is 0 Å². The molecule has 0 spiro atoms. The third-order valence-electron chi connectivity index (χ3n) is 3.79.